The van der Waals surface area contributed by atoms with Crippen LogP contribution >= 0.6 is 0 Å². The maximum Gasteiger partial charge on any atom is 0.0565 e. The molecule has 0 saturated heterocycles. The van der Waals surface area contributed by atoms with Crippen LogP contribution in [0.2, 0.25) is 0 Å². The summed E-state index contributed by atoms with van der Waals surface area (Å²) in [4.78, 5) is 0. The normalized spacial score (nSPS) is 12.5. The molecule has 0 amide bonds. The first-order valence-corrected chi connectivity index (χ1v) is 17.6. The van der Waals surface area contributed by atoms with Crippen molar-refractivity contribution in [2.75, 3.05) is 0 Å². The molecule has 9 rings (SSSR count). The number of rotatable bonds is 7. The number of aromatic nitrogens is 3. The molecule has 0 aliphatic rings. The lowest BCUT2D eigenvalue weighted by atomic mass is 10.0. The SMILES string of the molecule is CCn1c2ccccc2c2cccc(/C=C/c3cccc4c5cccc(/C=C/c6cccc7c8ccccc8n(CC)c67)c5n(CC)c34)c21. The predicted octanol–water partition coefficient (Wildman–Crippen LogP) is 12.4. The van der Waals surface area contributed by atoms with Crippen molar-refractivity contribution in [2.24, 2.45) is 0 Å². The Bertz CT molecular complexity index is 2590. The molecule has 6 aromatic carbocycles. The summed E-state index contributed by atoms with van der Waals surface area (Å²) >= 11 is 0. The molecule has 3 heteroatoms. The van der Waals surface area contributed by atoms with Crippen molar-refractivity contribution in [1.82, 2.24) is 13.7 Å². The van der Waals surface area contributed by atoms with Gasteiger partial charge in [-0.25, -0.2) is 0 Å². The van der Waals surface area contributed by atoms with Crippen LogP contribution in [0.5, 0.6) is 0 Å². The lowest BCUT2D eigenvalue weighted by molar-refractivity contribution is 0.826. The zero-order valence-corrected chi connectivity index (χ0v) is 28.3. The second kappa shape index (κ2) is 11.7. The first-order valence-electron chi connectivity index (χ1n) is 17.6. The second-order valence-electron chi connectivity index (χ2n) is 12.9. The standard InChI is InChI=1S/C46H39N3/c1-4-47-41-25-9-7-19-35(41)37-21-11-15-31(43(37)47)27-29-33-17-13-23-39-40-24-14-18-34(46(40)49(6-3)45(33)39)30-28-32-16-12-22-38-36-20-8-10-26-42(36)48(5-2)44(32)38/h7-30H,4-6H2,1-3H3/b29-27+,30-28+. The zero-order chi connectivity index (χ0) is 33.1. The number of hydrogen-bond donors (Lipinski definition) is 0. The van der Waals surface area contributed by atoms with Crippen LogP contribution < -0.4 is 0 Å². The minimum Gasteiger partial charge on any atom is -0.340 e. The summed E-state index contributed by atoms with van der Waals surface area (Å²) in [6.45, 7) is 9.49. The van der Waals surface area contributed by atoms with E-state index in [4.69, 9.17) is 0 Å². The van der Waals surface area contributed by atoms with Crippen LogP contribution in [0, 0.1) is 0 Å². The third kappa shape index (κ3) is 4.42. The molecule has 3 heterocycles. The number of nitrogens with zero attached hydrogens (tertiary/aromatic N) is 3. The van der Waals surface area contributed by atoms with Gasteiger partial charge in [-0.05, 0) is 55.2 Å². The van der Waals surface area contributed by atoms with Gasteiger partial charge >= 0.3 is 0 Å². The molecule has 0 saturated carbocycles. The summed E-state index contributed by atoms with van der Waals surface area (Å²) in [5, 5.41) is 7.84. The van der Waals surface area contributed by atoms with Crippen LogP contribution in [0.4, 0.5) is 0 Å². The summed E-state index contributed by atoms with van der Waals surface area (Å²) in [6, 6.07) is 44.4. The third-order valence-electron chi connectivity index (χ3n) is 10.4. The van der Waals surface area contributed by atoms with Gasteiger partial charge in [0.1, 0.15) is 0 Å². The highest BCUT2D eigenvalue weighted by Gasteiger charge is 2.16. The van der Waals surface area contributed by atoms with E-state index in [0.717, 1.165) is 19.6 Å². The van der Waals surface area contributed by atoms with E-state index < -0.39 is 0 Å². The smallest absolute Gasteiger partial charge is 0.0565 e. The Morgan fingerprint density at radius 3 is 0.959 bits per heavy atom. The molecule has 0 N–H and O–H groups in total. The Morgan fingerprint density at radius 2 is 0.612 bits per heavy atom. The Morgan fingerprint density at radius 1 is 0.327 bits per heavy atom. The van der Waals surface area contributed by atoms with Gasteiger partial charge in [-0.15, -0.1) is 0 Å². The fourth-order valence-electron chi connectivity index (χ4n) is 8.42. The number of para-hydroxylation sites is 6. The van der Waals surface area contributed by atoms with Gasteiger partial charge in [-0.2, -0.15) is 0 Å². The molecule has 0 spiro atoms. The van der Waals surface area contributed by atoms with Crippen LogP contribution in [0.1, 0.15) is 43.0 Å². The Balaban J connectivity index is 1.19. The number of benzene rings is 6. The van der Waals surface area contributed by atoms with Crippen LogP contribution in [0.15, 0.2) is 121 Å². The van der Waals surface area contributed by atoms with E-state index in [1.807, 2.05) is 0 Å². The molecule has 0 aliphatic heterocycles. The van der Waals surface area contributed by atoms with E-state index in [0.29, 0.717) is 0 Å². The summed E-state index contributed by atoms with van der Waals surface area (Å²) in [5.41, 5.74) is 12.7. The van der Waals surface area contributed by atoms with Crippen molar-refractivity contribution < 1.29 is 0 Å². The molecular formula is C46H39N3. The van der Waals surface area contributed by atoms with Gasteiger partial charge in [0.25, 0.3) is 0 Å². The molecule has 0 atom stereocenters. The fourth-order valence-corrected chi connectivity index (χ4v) is 8.42. The maximum atomic E-state index is 2.51. The molecule has 0 fully saturated rings. The first kappa shape index (κ1) is 29.3. The Kier molecular flexibility index (Phi) is 7.02. The fraction of sp³-hybridized carbons (Fsp3) is 0.130. The molecule has 238 valence electrons. The van der Waals surface area contributed by atoms with Gasteiger partial charge in [0.05, 0.1) is 22.1 Å². The minimum atomic E-state index is 0.884. The molecule has 0 aliphatic carbocycles. The van der Waals surface area contributed by atoms with Crippen LogP contribution in [0.25, 0.3) is 89.7 Å². The van der Waals surface area contributed by atoms with Crippen molar-refractivity contribution in [2.45, 2.75) is 40.4 Å². The molecule has 3 aromatic heterocycles. The molecule has 0 unspecified atom stereocenters. The molecule has 9 aromatic rings. The summed E-state index contributed by atoms with van der Waals surface area (Å²) in [5.74, 6) is 0. The molecule has 0 bridgehead atoms. The lowest BCUT2D eigenvalue weighted by Crippen LogP contribution is -1.97. The van der Waals surface area contributed by atoms with Crippen molar-refractivity contribution in [1.29, 1.82) is 0 Å². The minimum absolute atomic E-state index is 0.884. The third-order valence-corrected chi connectivity index (χ3v) is 10.4. The maximum absolute atomic E-state index is 2.51. The first-order chi connectivity index (χ1) is 24.2. The lowest BCUT2D eigenvalue weighted by Gasteiger charge is -2.09. The monoisotopic (exact) mass is 633 g/mol. The van der Waals surface area contributed by atoms with E-state index in [1.165, 1.54) is 87.7 Å². The number of fused-ring (bicyclic) bond motifs is 9. The average molecular weight is 634 g/mol. The van der Waals surface area contributed by atoms with Gasteiger partial charge in [0.2, 0.25) is 0 Å². The second-order valence-corrected chi connectivity index (χ2v) is 12.9. The van der Waals surface area contributed by atoms with Gasteiger partial charge in [-0.3, -0.25) is 0 Å². The van der Waals surface area contributed by atoms with Gasteiger partial charge in [0.15, 0.2) is 0 Å². The van der Waals surface area contributed by atoms with Crippen molar-refractivity contribution in [3.63, 3.8) is 0 Å². The van der Waals surface area contributed by atoms with Gasteiger partial charge in [0, 0.05) is 63.0 Å². The Hall–Kier alpha value is -5.80. The molecule has 49 heavy (non-hydrogen) atoms. The van der Waals surface area contributed by atoms with E-state index >= 15 is 0 Å². The average Bonchev–Trinajstić information content (AvgIpc) is 3.79. The van der Waals surface area contributed by atoms with Crippen molar-refractivity contribution >= 4 is 89.7 Å². The summed E-state index contributed by atoms with van der Waals surface area (Å²) in [7, 11) is 0. The van der Waals surface area contributed by atoms with E-state index in [2.05, 4.69) is 180 Å². The molecule has 0 radical (unpaired) electrons. The van der Waals surface area contributed by atoms with E-state index in [-0.39, 0.29) is 0 Å². The van der Waals surface area contributed by atoms with Gasteiger partial charge in [-0.1, -0.05) is 133 Å². The van der Waals surface area contributed by atoms with E-state index in [9.17, 15) is 0 Å². The number of aryl methyl sites for hydroxylation is 3. The highest BCUT2D eigenvalue weighted by molar-refractivity contribution is 6.15. The Labute approximate surface area is 286 Å². The topological polar surface area (TPSA) is 14.8 Å². The van der Waals surface area contributed by atoms with Crippen molar-refractivity contribution in [3.05, 3.63) is 144 Å². The quantitative estimate of drug-likeness (QED) is 0.155. The highest BCUT2D eigenvalue weighted by atomic mass is 15.0. The highest BCUT2D eigenvalue weighted by Crippen LogP contribution is 2.37. The summed E-state index contributed by atoms with van der Waals surface area (Å²) < 4.78 is 7.41. The van der Waals surface area contributed by atoms with Crippen molar-refractivity contribution in [3.8, 4) is 0 Å². The van der Waals surface area contributed by atoms with Gasteiger partial charge < -0.3 is 13.7 Å². The zero-order valence-electron chi connectivity index (χ0n) is 28.3. The predicted molar refractivity (Wildman–Crippen MR) is 213 cm³/mol. The van der Waals surface area contributed by atoms with Crippen LogP contribution in [-0.2, 0) is 19.6 Å². The summed E-state index contributed by atoms with van der Waals surface area (Å²) in [6.07, 6.45) is 9.27. The largest absolute Gasteiger partial charge is 0.340 e. The molecular weight excluding hydrogens is 595 g/mol. The van der Waals surface area contributed by atoms with E-state index in [1.54, 1.807) is 0 Å². The number of hydrogen-bond acceptors (Lipinski definition) is 0. The molecule has 3 nitrogen and oxygen atoms in total. The van der Waals surface area contributed by atoms with Crippen LogP contribution in [0.3, 0.4) is 0 Å². The van der Waals surface area contributed by atoms with Crippen LogP contribution in [-0.4, -0.2) is 13.7 Å².